The molecular formula is C15H22O3. The van der Waals surface area contributed by atoms with Crippen LogP contribution < -0.4 is 4.74 Å². The Morgan fingerprint density at radius 3 is 2.11 bits per heavy atom. The second-order valence-electron chi connectivity index (χ2n) is 5.33. The van der Waals surface area contributed by atoms with Crippen LogP contribution in [0.25, 0.3) is 0 Å². The average Bonchev–Trinajstić information content (AvgIpc) is 2.27. The summed E-state index contributed by atoms with van der Waals surface area (Å²) in [4.78, 5) is 11.2. The first-order valence-corrected chi connectivity index (χ1v) is 6.37. The topological polar surface area (TPSA) is 46.5 Å². The molecule has 0 aromatic heterocycles. The monoisotopic (exact) mass is 250 g/mol. The Balaban J connectivity index is 2.77. The minimum Gasteiger partial charge on any atom is -0.493 e. The lowest BCUT2D eigenvalue weighted by Gasteiger charge is -2.17. The molecule has 1 rings (SSSR count). The van der Waals surface area contributed by atoms with Crippen molar-refractivity contribution < 1.29 is 14.6 Å². The number of ether oxygens (including phenoxy) is 1. The molecule has 100 valence electrons. The maximum atomic E-state index is 11.2. The van der Waals surface area contributed by atoms with Gasteiger partial charge < -0.3 is 9.84 Å². The van der Waals surface area contributed by atoms with Crippen molar-refractivity contribution in [3.8, 4) is 5.75 Å². The van der Waals surface area contributed by atoms with Gasteiger partial charge in [0.1, 0.15) is 5.75 Å². The Morgan fingerprint density at radius 2 is 1.72 bits per heavy atom. The molecule has 1 aromatic rings. The fourth-order valence-electron chi connectivity index (χ4n) is 1.85. The third kappa shape index (κ3) is 4.06. The summed E-state index contributed by atoms with van der Waals surface area (Å²) in [6.07, 6.45) is 0. The van der Waals surface area contributed by atoms with Crippen LogP contribution in [0.1, 0.15) is 39.2 Å². The molecule has 0 heterocycles. The molecule has 0 bridgehead atoms. The Hall–Kier alpha value is -1.51. The summed E-state index contributed by atoms with van der Waals surface area (Å²) in [6.45, 7) is 8.69. The minimum atomic E-state index is -0.777. The summed E-state index contributed by atoms with van der Waals surface area (Å²) in [6, 6.07) is 7.37. The minimum absolute atomic E-state index is 0.0740. The van der Waals surface area contributed by atoms with Crippen LogP contribution in [-0.4, -0.2) is 17.7 Å². The molecule has 0 aliphatic rings. The van der Waals surface area contributed by atoms with Gasteiger partial charge in [-0.25, -0.2) is 0 Å². The number of aliphatic carboxylic acids is 1. The number of carboxylic acids is 1. The SMILES string of the molecule is CC(C)COc1ccc(C(C(=O)O)C(C)C)cc1. The second kappa shape index (κ2) is 6.43. The fraction of sp³-hybridized carbons (Fsp3) is 0.533. The van der Waals surface area contributed by atoms with Crippen LogP contribution in [0, 0.1) is 11.8 Å². The number of carboxylic acid groups (broad SMARTS) is 1. The van der Waals surface area contributed by atoms with Gasteiger partial charge in [-0.15, -0.1) is 0 Å². The first kappa shape index (κ1) is 14.6. The first-order chi connectivity index (χ1) is 8.41. The molecule has 0 spiro atoms. The summed E-state index contributed by atoms with van der Waals surface area (Å²) in [7, 11) is 0. The van der Waals surface area contributed by atoms with Crippen LogP contribution in [0.3, 0.4) is 0 Å². The van der Waals surface area contributed by atoms with Crippen molar-refractivity contribution in [1.82, 2.24) is 0 Å². The van der Waals surface area contributed by atoms with Gasteiger partial charge in [0.05, 0.1) is 12.5 Å². The molecule has 0 amide bonds. The van der Waals surface area contributed by atoms with E-state index in [1.54, 1.807) is 0 Å². The van der Waals surface area contributed by atoms with Crippen LogP contribution >= 0.6 is 0 Å². The zero-order valence-electron chi connectivity index (χ0n) is 11.5. The van der Waals surface area contributed by atoms with E-state index in [-0.39, 0.29) is 5.92 Å². The molecule has 0 fully saturated rings. The van der Waals surface area contributed by atoms with Crippen molar-refractivity contribution >= 4 is 5.97 Å². The van der Waals surface area contributed by atoms with E-state index >= 15 is 0 Å². The molecule has 3 heteroatoms. The predicted molar refractivity (Wildman–Crippen MR) is 72.0 cm³/mol. The number of carbonyl (C=O) groups is 1. The highest BCUT2D eigenvalue weighted by molar-refractivity contribution is 5.76. The van der Waals surface area contributed by atoms with E-state index < -0.39 is 11.9 Å². The average molecular weight is 250 g/mol. The van der Waals surface area contributed by atoms with Gasteiger partial charge in [-0.1, -0.05) is 39.8 Å². The van der Waals surface area contributed by atoms with E-state index in [9.17, 15) is 9.90 Å². The molecule has 1 aromatic carbocycles. The maximum absolute atomic E-state index is 11.2. The van der Waals surface area contributed by atoms with Crippen LogP contribution in [0.2, 0.25) is 0 Å². The Morgan fingerprint density at radius 1 is 1.17 bits per heavy atom. The predicted octanol–water partition coefficient (Wildman–Crippen LogP) is 3.55. The van der Waals surface area contributed by atoms with Crippen molar-refractivity contribution in [2.24, 2.45) is 11.8 Å². The van der Waals surface area contributed by atoms with Crippen molar-refractivity contribution in [2.45, 2.75) is 33.6 Å². The van der Waals surface area contributed by atoms with E-state index in [2.05, 4.69) is 13.8 Å². The van der Waals surface area contributed by atoms with Crippen molar-refractivity contribution in [2.75, 3.05) is 6.61 Å². The fourth-order valence-corrected chi connectivity index (χ4v) is 1.85. The Bertz CT molecular complexity index is 379. The third-order valence-corrected chi connectivity index (χ3v) is 2.76. The van der Waals surface area contributed by atoms with Crippen molar-refractivity contribution in [3.05, 3.63) is 29.8 Å². The zero-order valence-corrected chi connectivity index (χ0v) is 11.5. The van der Waals surface area contributed by atoms with Crippen molar-refractivity contribution in [1.29, 1.82) is 0 Å². The zero-order chi connectivity index (χ0) is 13.7. The van der Waals surface area contributed by atoms with Crippen molar-refractivity contribution in [3.63, 3.8) is 0 Å². The lowest BCUT2D eigenvalue weighted by molar-refractivity contribution is -0.139. The van der Waals surface area contributed by atoms with E-state index in [0.29, 0.717) is 12.5 Å². The van der Waals surface area contributed by atoms with Gasteiger partial charge in [-0.2, -0.15) is 0 Å². The van der Waals surface area contributed by atoms with E-state index in [4.69, 9.17) is 4.74 Å². The smallest absolute Gasteiger partial charge is 0.311 e. The Kier molecular flexibility index (Phi) is 5.20. The van der Waals surface area contributed by atoms with Gasteiger partial charge in [-0.05, 0) is 29.5 Å². The summed E-state index contributed by atoms with van der Waals surface area (Å²) in [5.74, 6) is 0.113. The van der Waals surface area contributed by atoms with Gasteiger partial charge in [0, 0.05) is 0 Å². The highest BCUT2D eigenvalue weighted by Gasteiger charge is 2.23. The highest BCUT2D eigenvalue weighted by Crippen LogP contribution is 2.26. The molecule has 0 saturated carbocycles. The first-order valence-electron chi connectivity index (χ1n) is 6.37. The summed E-state index contributed by atoms with van der Waals surface area (Å²) in [5, 5.41) is 9.21. The van der Waals surface area contributed by atoms with E-state index in [1.165, 1.54) is 0 Å². The van der Waals surface area contributed by atoms with Gasteiger partial charge >= 0.3 is 5.97 Å². The molecular weight excluding hydrogens is 228 g/mol. The van der Waals surface area contributed by atoms with Gasteiger partial charge in [0.25, 0.3) is 0 Å². The second-order valence-corrected chi connectivity index (χ2v) is 5.33. The Labute approximate surface area is 109 Å². The lowest BCUT2D eigenvalue weighted by Crippen LogP contribution is -2.17. The van der Waals surface area contributed by atoms with E-state index in [1.807, 2.05) is 38.1 Å². The molecule has 18 heavy (non-hydrogen) atoms. The van der Waals surface area contributed by atoms with Gasteiger partial charge in [0.15, 0.2) is 0 Å². The molecule has 0 radical (unpaired) electrons. The molecule has 0 saturated heterocycles. The molecule has 1 N–H and O–H groups in total. The summed E-state index contributed by atoms with van der Waals surface area (Å²) in [5.41, 5.74) is 0.828. The van der Waals surface area contributed by atoms with E-state index in [0.717, 1.165) is 11.3 Å². The molecule has 1 atom stereocenters. The number of hydrogen-bond donors (Lipinski definition) is 1. The highest BCUT2D eigenvalue weighted by atomic mass is 16.5. The third-order valence-electron chi connectivity index (χ3n) is 2.76. The molecule has 0 aliphatic heterocycles. The molecule has 0 aliphatic carbocycles. The molecule has 3 nitrogen and oxygen atoms in total. The van der Waals surface area contributed by atoms with Gasteiger partial charge in [0.2, 0.25) is 0 Å². The summed E-state index contributed by atoms with van der Waals surface area (Å²) < 4.78 is 5.58. The van der Waals surface area contributed by atoms with Crippen LogP contribution in [-0.2, 0) is 4.79 Å². The quantitative estimate of drug-likeness (QED) is 0.840. The van der Waals surface area contributed by atoms with Crippen LogP contribution in [0.4, 0.5) is 0 Å². The number of benzene rings is 1. The largest absolute Gasteiger partial charge is 0.493 e. The normalized spacial score (nSPS) is 12.8. The van der Waals surface area contributed by atoms with Crippen LogP contribution in [0.15, 0.2) is 24.3 Å². The maximum Gasteiger partial charge on any atom is 0.311 e. The molecule has 1 unspecified atom stereocenters. The van der Waals surface area contributed by atoms with Crippen LogP contribution in [0.5, 0.6) is 5.75 Å². The van der Waals surface area contributed by atoms with Gasteiger partial charge in [-0.3, -0.25) is 4.79 Å². The lowest BCUT2D eigenvalue weighted by atomic mass is 9.88. The number of hydrogen-bond acceptors (Lipinski definition) is 2. The standard InChI is InChI=1S/C15H22O3/c1-10(2)9-18-13-7-5-12(6-8-13)14(11(3)4)15(16)17/h5-8,10-11,14H,9H2,1-4H3,(H,16,17). The summed E-state index contributed by atoms with van der Waals surface area (Å²) >= 11 is 0. The number of rotatable bonds is 6.